The van der Waals surface area contributed by atoms with Gasteiger partial charge in [0.25, 0.3) is 0 Å². The van der Waals surface area contributed by atoms with E-state index in [1.54, 1.807) is 7.11 Å². The molecule has 0 amide bonds. The highest BCUT2D eigenvalue weighted by molar-refractivity contribution is 5.81. The maximum atomic E-state index is 8.68. The van der Waals surface area contributed by atoms with Gasteiger partial charge >= 0.3 is 0 Å². The summed E-state index contributed by atoms with van der Waals surface area (Å²) in [5.41, 5.74) is 2.97. The standard InChI is InChI=1S/C14H14N2O/c1-3-11-9-12-5-4-10(6-7-15)8-13(12)16-14(11)17-2/h4-5,8-9H,3,6H2,1-2H3. The first kappa shape index (κ1) is 11.4. The number of benzene rings is 1. The topological polar surface area (TPSA) is 45.9 Å². The van der Waals surface area contributed by atoms with Crippen molar-refractivity contribution in [2.45, 2.75) is 19.8 Å². The molecule has 1 aromatic heterocycles. The van der Waals surface area contributed by atoms with Crippen LogP contribution in [-0.2, 0) is 12.8 Å². The van der Waals surface area contributed by atoms with Gasteiger partial charge in [-0.05, 0) is 24.1 Å². The van der Waals surface area contributed by atoms with Crippen LogP contribution in [0.25, 0.3) is 10.9 Å². The van der Waals surface area contributed by atoms with Crippen LogP contribution in [0, 0.1) is 11.3 Å². The minimum Gasteiger partial charge on any atom is -0.481 e. The molecule has 1 aromatic carbocycles. The Hall–Kier alpha value is -2.08. The third-order valence-corrected chi connectivity index (χ3v) is 2.78. The average molecular weight is 226 g/mol. The first-order valence-corrected chi connectivity index (χ1v) is 5.62. The molecule has 3 nitrogen and oxygen atoms in total. The number of pyridine rings is 1. The third-order valence-electron chi connectivity index (χ3n) is 2.78. The highest BCUT2D eigenvalue weighted by atomic mass is 16.5. The minimum absolute atomic E-state index is 0.412. The van der Waals surface area contributed by atoms with Gasteiger partial charge in [0.05, 0.1) is 25.1 Å². The largest absolute Gasteiger partial charge is 0.481 e. The Morgan fingerprint density at radius 2 is 2.18 bits per heavy atom. The molecule has 86 valence electrons. The summed E-state index contributed by atoms with van der Waals surface area (Å²) in [6.07, 6.45) is 1.31. The number of nitriles is 1. The summed E-state index contributed by atoms with van der Waals surface area (Å²) in [5.74, 6) is 0.675. The monoisotopic (exact) mass is 226 g/mol. The second-order valence-corrected chi connectivity index (χ2v) is 3.87. The summed E-state index contributed by atoms with van der Waals surface area (Å²) in [6, 6.07) is 10.2. The van der Waals surface area contributed by atoms with Crippen molar-refractivity contribution in [3.8, 4) is 11.9 Å². The molecule has 0 aliphatic heterocycles. The molecule has 2 aromatic rings. The molecule has 3 heteroatoms. The van der Waals surface area contributed by atoms with Crippen LogP contribution in [-0.4, -0.2) is 12.1 Å². The third kappa shape index (κ3) is 2.21. The van der Waals surface area contributed by atoms with E-state index >= 15 is 0 Å². The number of hydrogen-bond donors (Lipinski definition) is 0. The van der Waals surface area contributed by atoms with Crippen molar-refractivity contribution < 1.29 is 4.74 Å². The zero-order valence-electron chi connectivity index (χ0n) is 10.0. The zero-order chi connectivity index (χ0) is 12.3. The molecule has 0 saturated heterocycles. The maximum absolute atomic E-state index is 8.68. The molecule has 0 unspecified atom stereocenters. The summed E-state index contributed by atoms with van der Waals surface area (Å²) in [5, 5.41) is 9.77. The number of aryl methyl sites for hydroxylation is 1. The van der Waals surface area contributed by atoms with Crippen LogP contribution in [0.1, 0.15) is 18.1 Å². The molecule has 0 spiro atoms. The van der Waals surface area contributed by atoms with Gasteiger partial charge in [-0.1, -0.05) is 19.1 Å². The van der Waals surface area contributed by atoms with E-state index in [2.05, 4.69) is 24.0 Å². The highest BCUT2D eigenvalue weighted by Crippen LogP contribution is 2.23. The molecule has 0 fully saturated rings. The number of aromatic nitrogens is 1. The van der Waals surface area contributed by atoms with Gasteiger partial charge in [0, 0.05) is 10.9 Å². The lowest BCUT2D eigenvalue weighted by atomic mass is 10.1. The van der Waals surface area contributed by atoms with E-state index in [0.717, 1.165) is 28.5 Å². The lowest BCUT2D eigenvalue weighted by Crippen LogP contribution is -1.95. The van der Waals surface area contributed by atoms with E-state index in [1.807, 2.05) is 18.2 Å². The molecule has 0 aliphatic rings. The molecular formula is C14H14N2O. The molecule has 0 bridgehead atoms. The van der Waals surface area contributed by atoms with Gasteiger partial charge in [0.2, 0.25) is 5.88 Å². The second kappa shape index (κ2) is 4.84. The summed E-state index contributed by atoms with van der Waals surface area (Å²) < 4.78 is 5.27. The van der Waals surface area contributed by atoms with Crippen LogP contribution in [0.4, 0.5) is 0 Å². The number of rotatable bonds is 3. The quantitative estimate of drug-likeness (QED) is 0.808. The van der Waals surface area contributed by atoms with Gasteiger partial charge in [0.1, 0.15) is 0 Å². The fourth-order valence-electron chi connectivity index (χ4n) is 1.87. The van der Waals surface area contributed by atoms with Gasteiger partial charge in [-0.2, -0.15) is 5.26 Å². The Morgan fingerprint density at radius 1 is 1.35 bits per heavy atom. The minimum atomic E-state index is 0.412. The van der Waals surface area contributed by atoms with E-state index in [0.29, 0.717) is 12.3 Å². The normalized spacial score (nSPS) is 10.2. The van der Waals surface area contributed by atoms with E-state index < -0.39 is 0 Å². The fraction of sp³-hybridized carbons (Fsp3) is 0.286. The second-order valence-electron chi connectivity index (χ2n) is 3.87. The van der Waals surface area contributed by atoms with Gasteiger partial charge in [-0.3, -0.25) is 0 Å². The number of fused-ring (bicyclic) bond motifs is 1. The van der Waals surface area contributed by atoms with Crippen molar-refractivity contribution in [3.63, 3.8) is 0 Å². The molecule has 1 heterocycles. The summed E-state index contributed by atoms with van der Waals surface area (Å²) in [6.45, 7) is 2.08. The van der Waals surface area contributed by atoms with Crippen LogP contribution < -0.4 is 4.74 Å². The molecule has 0 N–H and O–H groups in total. The van der Waals surface area contributed by atoms with Crippen molar-refractivity contribution in [1.82, 2.24) is 4.98 Å². The number of methoxy groups -OCH3 is 1. The Labute approximate surface area is 101 Å². The predicted octanol–water partition coefficient (Wildman–Crippen LogP) is 2.87. The lowest BCUT2D eigenvalue weighted by molar-refractivity contribution is 0.395. The predicted molar refractivity (Wildman–Crippen MR) is 67.0 cm³/mol. The summed E-state index contributed by atoms with van der Waals surface area (Å²) in [7, 11) is 1.63. The Morgan fingerprint density at radius 3 is 2.82 bits per heavy atom. The Balaban J connectivity index is 2.58. The fourth-order valence-corrected chi connectivity index (χ4v) is 1.87. The van der Waals surface area contributed by atoms with E-state index in [4.69, 9.17) is 10.00 Å². The first-order chi connectivity index (χ1) is 8.28. The van der Waals surface area contributed by atoms with E-state index in [9.17, 15) is 0 Å². The molecule has 0 atom stereocenters. The smallest absolute Gasteiger partial charge is 0.216 e. The van der Waals surface area contributed by atoms with Gasteiger partial charge in [-0.15, -0.1) is 0 Å². The lowest BCUT2D eigenvalue weighted by Gasteiger charge is -2.08. The molecule has 0 saturated carbocycles. The van der Waals surface area contributed by atoms with Crippen molar-refractivity contribution in [1.29, 1.82) is 5.26 Å². The average Bonchev–Trinajstić information content (AvgIpc) is 2.37. The van der Waals surface area contributed by atoms with Crippen LogP contribution in [0.2, 0.25) is 0 Å². The maximum Gasteiger partial charge on any atom is 0.216 e. The summed E-state index contributed by atoms with van der Waals surface area (Å²) in [4.78, 5) is 4.48. The van der Waals surface area contributed by atoms with Gasteiger partial charge in [-0.25, -0.2) is 4.98 Å². The number of ether oxygens (including phenoxy) is 1. The van der Waals surface area contributed by atoms with Crippen molar-refractivity contribution in [2.24, 2.45) is 0 Å². The van der Waals surface area contributed by atoms with E-state index in [-0.39, 0.29) is 0 Å². The van der Waals surface area contributed by atoms with Crippen molar-refractivity contribution in [2.75, 3.05) is 7.11 Å². The van der Waals surface area contributed by atoms with Crippen molar-refractivity contribution in [3.05, 3.63) is 35.4 Å². The Kier molecular flexibility index (Phi) is 3.24. The molecule has 17 heavy (non-hydrogen) atoms. The van der Waals surface area contributed by atoms with Gasteiger partial charge in [0.15, 0.2) is 0 Å². The summed E-state index contributed by atoms with van der Waals surface area (Å²) >= 11 is 0. The molecule has 2 rings (SSSR count). The SMILES string of the molecule is CCc1cc2ccc(CC#N)cc2nc1OC. The molecule has 0 aliphatic carbocycles. The zero-order valence-corrected chi connectivity index (χ0v) is 10.0. The number of nitrogens with zero attached hydrogens (tertiary/aromatic N) is 2. The van der Waals surface area contributed by atoms with Crippen LogP contribution >= 0.6 is 0 Å². The van der Waals surface area contributed by atoms with E-state index in [1.165, 1.54) is 0 Å². The molecule has 0 radical (unpaired) electrons. The Bertz CT molecular complexity index is 585. The number of hydrogen-bond acceptors (Lipinski definition) is 3. The van der Waals surface area contributed by atoms with Crippen LogP contribution in [0.3, 0.4) is 0 Å². The van der Waals surface area contributed by atoms with Crippen LogP contribution in [0.5, 0.6) is 5.88 Å². The first-order valence-electron chi connectivity index (χ1n) is 5.62. The highest BCUT2D eigenvalue weighted by Gasteiger charge is 2.06. The van der Waals surface area contributed by atoms with Gasteiger partial charge < -0.3 is 4.74 Å². The molecular weight excluding hydrogens is 212 g/mol. The van der Waals surface area contributed by atoms with Crippen LogP contribution in [0.15, 0.2) is 24.3 Å². The van der Waals surface area contributed by atoms with Crippen molar-refractivity contribution >= 4 is 10.9 Å².